The lowest BCUT2D eigenvalue weighted by atomic mass is 10.3. The summed E-state index contributed by atoms with van der Waals surface area (Å²) < 4.78 is 1.17. The fourth-order valence-corrected chi connectivity index (χ4v) is 1.27. The number of hydrogen-bond donors (Lipinski definition) is 3. The highest BCUT2D eigenvalue weighted by Crippen LogP contribution is 2.05. The standard InChI is InChI=1S/C8H11N5O2/c1-4-2-6(15)13-8(10-4)11-7(12-13)5(14)3-9/h2,5,14H,3,9H2,1H3,(H,10,11,12). The van der Waals surface area contributed by atoms with Crippen molar-refractivity contribution in [2.45, 2.75) is 13.0 Å². The van der Waals surface area contributed by atoms with Crippen molar-refractivity contribution in [3.63, 3.8) is 0 Å². The molecule has 0 aliphatic carbocycles. The van der Waals surface area contributed by atoms with Gasteiger partial charge in [0.2, 0.25) is 0 Å². The Morgan fingerprint density at radius 2 is 2.40 bits per heavy atom. The number of fused-ring (bicyclic) bond motifs is 1. The van der Waals surface area contributed by atoms with Gasteiger partial charge in [-0.2, -0.15) is 9.50 Å². The summed E-state index contributed by atoms with van der Waals surface area (Å²) >= 11 is 0. The Labute approximate surface area is 84.6 Å². The summed E-state index contributed by atoms with van der Waals surface area (Å²) in [5.41, 5.74) is 5.60. The van der Waals surface area contributed by atoms with Crippen molar-refractivity contribution in [3.05, 3.63) is 27.9 Å². The Hall–Kier alpha value is -1.73. The van der Waals surface area contributed by atoms with Crippen LogP contribution in [0.3, 0.4) is 0 Å². The zero-order chi connectivity index (χ0) is 11.0. The van der Waals surface area contributed by atoms with Gasteiger partial charge in [0.25, 0.3) is 11.3 Å². The molecular weight excluding hydrogens is 198 g/mol. The van der Waals surface area contributed by atoms with E-state index in [1.54, 1.807) is 6.92 Å². The van der Waals surface area contributed by atoms with Gasteiger partial charge in [0.05, 0.1) is 0 Å². The fourth-order valence-electron chi connectivity index (χ4n) is 1.27. The summed E-state index contributed by atoms with van der Waals surface area (Å²) in [5, 5.41) is 12.1. The molecular formula is C8H11N5O2. The van der Waals surface area contributed by atoms with E-state index in [-0.39, 0.29) is 23.7 Å². The van der Waals surface area contributed by atoms with Gasteiger partial charge in [-0.25, -0.2) is 4.98 Å². The lowest BCUT2D eigenvalue weighted by Crippen LogP contribution is -2.16. The monoisotopic (exact) mass is 209 g/mol. The van der Waals surface area contributed by atoms with Crippen LogP contribution in [0.2, 0.25) is 0 Å². The van der Waals surface area contributed by atoms with Crippen molar-refractivity contribution in [3.8, 4) is 0 Å². The summed E-state index contributed by atoms with van der Waals surface area (Å²) in [6.45, 7) is 1.74. The van der Waals surface area contributed by atoms with Crippen molar-refractivity contribution < 1.29 is 5.11 Å². The van der Waals surface area contributed by atoms with E-state index in [4.69, 9.17) is 5.73 Å². The zero-order valence-corrected chi connectivity index (χ0v) is 8.14. The molecule has 2 rings (SSSR count). The van der Waals surface area contributed by atoms with Crippen LogP contribution in [0.1, 0.15) is 17.6 Å². The second-order valence-corrected chi connectivity index (χ2v) is 3.23. The highest BCUT2D eigenvalue weighted by atomic mass is 16.3. The third-order valence-electron chi connectivity index (χ3n) is 2.01. The summed E-state index contributed by atoms with van der Waals surface area (Å²) in [5.74, 6) is 0.482. The van der Waals surface area contributed by atoms with Crippen LogP contribution < -0.4 is 11.3 Å². The van der Waals surface area contributed by atoms with Crippen LogP contribution in [0, 0.1) is 6.92 Å². The van der Waals surface area contributed by atoms with Gasteiger partial charge in [-0.1, -0.05) is 0 Å². The minimum absolute atomic E-state index is 0.0353. The molecule has 0 spiro atoms. The van der Waals surface area contributed by atoms with Crippen LogP contribution in [-0.2, 0) is 0 Å². The van der Waals surface area contributed by atoms with E-state index in [1.165, 1.54) is 10.6 Å². The molecule has 0 aromatic carbocycles. The molecule has 2 heterocycles. The summed E-state index contributed by atoms with van der Waals surface area (Å²) in [6.07, 6.45) is -0.911. The third kappa shape index (κ3) is 1.62. The van der Waals surface area contributed by atoms with Gasteiger partial charge in [-0.3, -0.25) is 9.89 Å². The number of H-pyrrole nitrogens is 1. The first-order valence-corrected chi connectivity index (χ1v) is 4.46. The van der Waals surface area contributed by atoms with Gasteiger partial charge in [0.1, 0.15) is 6.10 Å². The predicted molar refractivity (Wildman–Crippen MR) is 52.4 cm³/mol. The fraction of sp³-hybridized carbons (Fsp3) is 0.375. The second kappa shape index (κ2) is 3.44. The second-order valence-electron chi connectivity index (χ2n) is 3.23. The van der Waals surface area contributed by atoms with E-state index < -0.39 is 6.10 Å². The van der Waals surface area contributed by atoms with Crippen LogP contribution in [0.25, 0.3) is 5.78 Å². The number of rotatable bonds is 2. The Morgan fingerprint density at radius 3 is 3.07 bits per heavy atom. The number of nitrogens with two attached hydrogens (primary N) is 1. The molecule has 7 heteroatoms. The zero-order valence-electron chi connectivity index (χ0n) is 8.14. The molecule has 2 aromatic rings. The molecule has 0 aliphatic rings. The first-order chi connectivity index (χ1) is 7.11. The first-order valence-electron chi connectivity index (χ1n) is 4.46. The summed E-state index contributed by atoms with van der Waals surface area (Å²) in [7, 11) is 0. The highest BCUT2D eigenvalue weighted by molar-refractivity contribution is 5.28. The van der Waals surface area contributed by atoms with Gasteiger partial charge >= 0.3 is 0 Å². The normalized spacial score (nSPS) is 13.3. The molecule has 0 saturated heterocycles. The van der Waals surface area contributed by atoms with E-state index in [1.807, 2.05) is 0 Å². The average molecular weight is 209 g/mol. The van der Waals surface area contributed by atoms with Crippen molar-refractivity contribution in [1.29, 1.82) is 0 Å². The van der Waals surface area contributed by atoms with E-state index in [9.17, 15) is 9.90 Å². The molecule has 0 saturated carbocycles. The topological polar surface area (TPSA) is 109 Å². The number of nitrogens with zero attached hydrogens (tertiary/aromatic N) is 3. The molecule has 0 amide bonds. The van der Waals surface area contributed by atoms with Gasteiger partial charge < -0.3 is 10.8 Å². The number of hydrogen-bond acceptors (Lipinski definition) is 5. The molecule has 15 heavy (non-hydrogen) atoms. The van der Waals surface area contributed by atoms with Crippen molar-refractivity contribution >= 4 is 5.78 Å². The number of aromatic nitrogens is 4. The predicted octanol–water partition coefficient (Wildman–Crippen LogP) is -1.28. The van der Waals surface area contributed by atoms with Crippen LogP contribution in [0.4, 0.5) is 0 Å². The third-order valence-corrected chi connectivity index (χ3v) is 2.01. The van der Waals surface area contributed by atoms with E-state index in [2.05, 4.69) is 15.1 Å². The Kier molecular flexibility index (Phi) is 2.25. The SMILES string of the molecule is Cc1cc(=O)n2[nH]c(C(O)CN)nc2n1. The largest absolute Gasteiger partial charge is 0.384 e. The van der Waals surface area contributed by atoms with E-state index in [0.29, 0.717) is 5.69 Å². The Balaban J connectivity index is 2.65. The smallest absolute Gasteiger partial charge is 0.274 e. The van der Waals surface area contributed by atoms with Gasteiger partial charge in [-0.05, 0) is 6.92 Å². The first kappa shape index (κ1) is 9.81. The number of aromatic amines is 1. The van der Waals surface area contributed by atoms with Crippen LogP contribution in [0.15, 0.2) is 10.9 Å². The van der Waals surface area contributed by atoms with Crippen molar-refractivity contribution in [1.82, 2.24) is 19.6 Å². The van der Waals surface area contributed by atoms with Crippen LogP contribution in [0.5, 0.6) is 0 Å². The maximum atomic E-state index is 11.5. The molecule has 1 atom stereocenters. The van der Waals surface area contributed by atoms with Gasteiger partial charge in [-0.15, -0.1) is 0 Å². The van der Waals surface area contributed by atoms with Gasteiger partial charge in [0, 0.05) is 18.3 Å². The Morgan fingerprint density at radius 1 is 1.67 bits per heavy atom. The van der Waals surface area contributed by atoms with Crippen molar-refractivity contribution in [2.75, 3.05) is 6.54 Å². The number of aryl methyl sites for hydroxylation is 1. The quantitative estimate of drug-likeness (QED) is 0.570. The highest BCUT2D eigenvalue weighted by Gasteiger charge is 2.12. The van der Waals surface area contributed by atoms with Crippen LogP contribution in [-0.4, -0.2) is 31.2 Å². The number of aliphatic hydroxyl groups is 1. The number of nitrogens with one attached hydrogen (secondary N) is 1. The maximum absolute atomic E-state index is 11.5. The minimum atomic E-state index is -0.911. The van der Waals surface area contributed by atoms with E-state index >= 15 is 0 Å². The molecule has 80 valence electrons. The number of aliphatic hydroxyl groups excluding tert-OH is 1. The van der Waals surface area contributed by atoms with Crippen molar-refractivity contribution in [2.24, 2.45) is 5.73 Å². The van der Waals surface area contributed by atoms with Crippen LogP contribution >= 0.6 is 0 Å². The summed E-state index contributed by atoms with van der Waals surface area (Å²) in [4.78, 5) is 19.5. The molecule has 0 fully saturated rings. The molecule has 1 unspecified atom stereocenters. The lowest BCUT2D eigenvalue weighted by molar-refractivity contribution is 0.177. The molecule has 4 N–H and O–H groups in total. The average Bonchev–Trinajstić information content (AvgIpc) is 2.60. The van der Waals surface area contributed by atoms with E-state index in [0.717, 1.165) is 0 Å². The molecule has 0 radical (unpaired) electrons. The molecule has 2 aromatic heterocycles. The van der Waals surface area contributed by atoms with Gasteiger partial charge in [0.15, 0.2) is 5.82 Å². The maximum Gasteiger partial charge on any atom is 0.274 e. The molecule has 7 nitrogen and oxygen atoms in total. The molecule has 0 bridgehead atoms. The molecule has 0 aliphatic heterocycles. The summed E-state index contributed by atoms with van der Waals surface area (Å²) in [6, 6.07) is 1.38. The lowest BCUT2D eigenvalue weighted by Gasteiger charge is -2.00. The minimum Gasteiger partial charge on any atom is -0.384 e. The Bertz CT molecular complexity index is 543.